The Morgan fingerprint density at radius 1 is 0.301 bits per heavy atom. The molecule has 6 aromatic rings. The third-order valence-electron chi connectivity index (χ3n) is 15.3. The van der Waals surface area contributed by atoms with E-state index in [4.69, 9.17) is 0 Å². The van der Waals surface area contributed by atoms with Gasteiger partial charge < -0.3 is 11.1 Å². The molecule has 0 unspecified atom stereocenters. The molecule has 0 N–H and O–H groups in total. The zero-order valence-electron chi connectivity index (χ0n) is 52.3. The Kier molecular flexibility index (Phi) is 33.5. The maximum atomic E-state index is 11.3. The maximum absolute atomic E-state index is 11.3. The molecule has 6 heteroatoms. The summed E-state index contributed by atoms with van der Waals surface area (Å²) in [6, 6.07) is 56.1. The predicted molar refractivity (Wildman–Crippen MR) is 352 cm³/mol. The number of rotatable bonds is 31. The van der Waals surface area contributed by atoms with Gasteiger partial charge in [0.1, 0.15) is 0 Å². The number of hydrogen-bond acceptors (Lipinski definition) is 0. The first-order chi connectivity index (χ1) is 40.7. The van der Waals surface area contributed by atoms with Crippen LogP contribution < -0.4 is 9.07 Å². The summed E-state index contributed by atoms with van der Waals surface area (Å²) in [5.74, 6) is 4.12. The van der Waals surface area contributed by atoms with Gasteiger partial charge >= 0.3 is 110 Å². The van der Waals surface area contributed by atoms with Gasteiger partial charge in [-0.2, -0.15) is 0 Å². The van der Waals surface area contributed by atoms with Crippen LogP contribution in [0.1, 0.15) is 221 Å². The second kappa shape index (κ2) is 40.7. The first kappa shape index (κ1) is 68.2. The fraction of sp³-hybridized carbons (Fsp3) is 0.429. The molecule has 0 spiro atoms. The Bertz CT molecular complexity index is 2860. The van der Waals surface area contributed by atoms with Crippen LogP contribution in [-0.4, -0.2) is 9.39 Å². The molecule has 2 aliphatic heterocycles. The van der Waals surface area contributed by atoms with Crippen LogP contribution in [0.25, 0.3) is 33.9 Å². The first-order valence-electron chi connectivity index (χ1n) is 31.9. The number of hydrogen-bond donors (Lipinski definition) is 0. The minimum atomic E-state index is 0.893. The molecule has 0 saturated heterocycles. The van der Waals surface area contributed by atoms with E-state index >= 15 is 0 Å². The van der Waals surface area contributed by atoms with E-state index in [1.54, 1.807) is 28.9 Å². The number of unbranched alkanes of at least 4 members (excludes halogenated alkanes) is 13. The van der Waals surface area contributed by atoms with Gasteiger partial charge in [-0.1, -0.05) is 174 Å². The van der Waals surface area contributed by atoms with Crippen LogP contribution in [0.3, 0.4) is 0 Å². The fourth-order valence-corrected chi connectivity index (χ4v) is 11.5. The molecule has 0 fully saturated rings. The van der Waals surface area contributed by atoms with Crippen LogP contribution in [0.15, 0.2) is 181 Å². The van der Waals surface area contributed by atoms with E-state index in [0.29, 0.717) is 0 Å². The summed E-state index contributed by atoms with van der Waals surface area (Å²) in [6.07, 6.45) is 34.6. The van der Waals surface area contributed by atoms with E-state index in [1.807, 2.05) is 12.1 Å². The van der Waals surface area contributed by atoms with Crippen molar-refractivity contribution < 1.29 is 38.3 Å². The van der Waals surface area contributed by atoms with Crippen molar-refractivity contribution in [3.63, 3.8) is 0 Å². The molecule has 0 atom stereocenters. The van der Waals surface area contributed by atoms with E-state index in [0.717, 1.165) is 96.4 Å². The van der Waals surface area contributed by atoms with Crippen molar-refractivity contribution >= 4 is 31.9 Å². The number of aryl methyl sites for hydroxylation is 4. The van der Waals surface area contributed by atoms with E-state index in [1.165, 1.54) is 161 Å². The molecule has 0 amide bonds. The molecule has 4 nitrogen and oxygen atoms in total. The normalized spacial score (nSPS) is 12.9. The Morgan fingerprint density at radius 3 is 0.880 bits per heavy atom. The zero-order valence-corrected chi connectivity index (χ0v) is 54.2. The molecule has 0 saturated carbocycles. The molecule has 6 aromatic carbocycles. The molecule has 8 rings (SSSR count). The van der Waals surface area contributed by atoms with Crippen molar-refractivity contribution in [2.75, 3.05) is 0 Å². The SMILES string of the molecule is CCCCCCC1=C(c2ccc(CCCCC)cc2)[N+](=[N-])C(c2ccc(CCCC)cc2)=C1.CCCCCCC1=C(c2ccc(CCCCCC)cc2)[N+](=[N-])C(c2ccc(CCCC)cc2)=C1.[CH3][Ni][CH3].c1cc[c]([Ni][c]2ccccc2)cc1. The Labute approximate surface area is 517 Å². The fourth-order valence-electron chi connectivity index (χ4n) is 10.5. The summed E-state index contributed by atoms with van der Waals surface area (Å²) in [5.41, 5.74) is 38.7. The molecule has 0 bridgehead atoms. The third-order valence-corrected chi connectivity index (χ3v) is 16.5. The Hall–Kier alpha value is -5.53. The van der Waals surface area contributed by atoms with E-state index in [2.05, 4.69) is 211 Å². The molecule has 0 aromatic heterocycles. The second-order valence-electron chi connectivity index (χ2n) is 22.2. The predicted octanol–water partition coefficient (Wildman–Crippen LogP) is 22.3. The molecule has 450 valence electrons. The second-order valence-corrected chi connectivity index (χ2v) is 24.6. The van der Waals surface area contributed by atoms with Crippen LogP contribution >= 0.6 is 0 Å². The van der Waals surface area contributed by atoms with Gasteiger partial charge in [-0.15, -0.1) is 0 Å². The molecule has 83 heavy (non-hydrogen) atoms. The van der Waals surface area contributed by atoms with Crippen LogP contribution in [-0.2, 0) is 54.6 Å². The van der Waals surface area contributed by atoms with Crippen molar-refractivity contribution in [2.45, 2.75) is 214 Å². The third kappa shape index (κ3) is 23.8. The zero-order chi connectivity index (χ0) is 59.3. The summed E-state index contributed by atoms with van der Waals surface area (Å²) < 4.78 is 5.48. The van der Waals surface area contributed by atoms with Gasteiger partial charge in [0, 0.05) is 45.6 Å². The van der Waals surface area contributed by atoms with Gasteiger partial charge in [0.25, 0.3) is 0 Å². The molecule has 2 heterocycles. The van der Waals surface area contributed by atoms with Gasteiger partial charge in [-0.3, -0.25) is 0 Å². The molecular weight excluding hydrogens is 1100 g/mol. The summed E-state index contributed by atoms with van der Waals surface area (Å²) in [7, 11) is 0. The van der Waals surface area contributed by atoms with Gasteiger partial charge in [0.15, 0.2) is 0 Å². The summed E-state index contributed by atoms with van der Waals surface area (Å²) in [4.78, 5) is 0. The standard InChI is InChI=1S/C32H44N2.C31H42N2.2C6H5.2CH3.2Ni/c1-4-7-10-12-15-27-19-23-29(24-20-27)32-30(16-13-11-8-5-2)25-31(34(32)33)28-21-17-26(18-22-28)14-9-6-3;1-4-7-10-12-15-29-24-30(27-20-16-25(17-21-27)13-9-6-3)33(32)31(29)28-22-18-26(19-23-28)14-11-8-5-2;2*1-2-4-6-5-3-1;;;;/h17-25H,4-16H2,1-3H3;16-24H,4-15H2,1-3H3;2*1-5H;2*1H3;;. The number of allylic oxidation sites excluding steroid dienone is 4. The average molecular weight is 1200 g/mol. The quantitative estimate of drug-likeness (QED) is 0.0237. The van der Waals surface area contributed by atoms with Crippen LogP contribution in [0, 0.1) is 0 Å². The van der Waals surface area contributed by atoms with Crippen LogP contribution in [0.2, 0.25) is 11.8 Å². The van der Waals surface area contributed by atoms with Crippen molar-refractivity contribution in [3.8, 4) is 0 Å². The number of nitrogens with zero attached hydrogens (tertiary/aromatic N) is 4. The Morgan fingerprint density at radius 2 is 0.566 bits per heavy atom. The first-order valence-corrected chi connectivity index (χ1v) is 34.8. The van der Waals surface area contributed by atoms with Gasteiger partial charge in [-0.25, -0.2) is 9.39 Å². The van der Waals surface area contributed by atoms with Gasteiger partial charge in [-0.05, 0) is 148 Å². The number of benzene rings is 6. The molecule has 0 radical (unpaired) electrons. The van der Waals surface area contributed by atoms with Crippen LogP contribution in [0.5, 0.6) is 0 Å². The molecule has 0 aliphatic carbocycles. The van der Waals surface area contributed by atoms with E-state index in [9.17, 15) is 11.1 Å². The van der Waals surface area contributed by atoms with Crippen molar-refractivity contribution in [3.05, 3.63) is 237 Å². The van der Waals surface area contributed by atoms with Gasteiger partial charge in [0.2, 0.25) is 22.8 Å². The van der Waals surface area contributed by atoms with E-state index in [-0.39, 0.29) is 0 Å². The van der Waals surface area contributed by atoms with Crippen molar-refractivity contribution in [1.82, 2.24) is 0 Å². The molecular formula is C77H102N4Ni2. The topological polar surface area (TPSA) is 50.6 Å². The van der Waals surface area contributed by atoms with Crippen molar-refractivity contribution in [1.29, 1.82) is 0 Å². The van der Waals surface area contributed by atoms with Crippen LogP contribution in [0.4, 0.5) is 0 Å². The summed E-state index contributed by atoms with van der Waals surface area (Å²) >= 11 is 3.22. The monoisotopic (exact) mass is 1200 g/mol. The Balaban J connectivity index is 0.000000241. The van der Waals surface area contributed by atoms with Crippen molar-refractivity contribution in [2.24, 2.45) is 0 Å². The molecule has 2 aliphatic rings. The average Bonchev–Trinajstić information content (AvgIpc) is 3.50. The summed E-state index contributed by atoms with van der Waals surface area (Å²) in [6.45, 7) is 13.5. The summed E-state index contributed by atoms with van der Waals surface area (Å²) in [5, 5.41) is 0. The minimum absolute atomic E-state index is 0.893. The van der Waals surface area contributed by atoms with E-state index < -0.39 is 0 Å². The van der Waals surface area contributed by atoms with Gasteiger partial charge in [0.05, 0.1) is 0 Å².